The molecule has 1 aromatic heterocycles. The Labute approximate surface area is 146 Å². The smallest absolute Gasteiger partial charge is 0.226 e. The van der Waals surface area contributed by atoms with Crippen LogP contribution in [0.2, 0.25) is 5.02 Å². The number of carbonyl (C=O) groups excluding carboxylic acids is 1. The highest BCUT2D eigenvalue weighted by Gasteiger charge is 2.25. The van der Waals surface area contributed by atoms with Crippen molar-refractivity contribution in [2.75, 3.05) is 25.1 Å². The van der Waals surface area contributed by atoms with E-state index in [4.69, 9.17) is 20.8 Å². The Morgan fingerprint density at radius 2 is 2.29 bits per heavy atom. The van der Waals surface area contributed by atoms with Crippen molar-refractivity contribution in [3.8, 4) is 0 Å². The fourth-order valence-corrected chi connectivity index (χ4v) is 2.98. The quantitative estimate of drug-likeness (QED) is 0.899. The third-order valence-electron chi connectivity index (χ3n) is 4.19. The number of furan rings is 1. The van der Waals surface area contributed by atoms with Gasteiger partial charge >= 0.3 is 0 Å². The Morgan fingerprint density at radius 1 is 1.42 bits per heavy atom. The van der Waals surface area contributed by atoms with E-state index in [2.05, 4.69) is 10.2 Å². The Kier molecular flexibility index (Phi) is 5.56. The number of anilines is 1. The summed E-state index contributed by atoms with van der Waals surface area (Å²) in [6.07, 6.45) is 3.78. The van der Waals surface area contributed by atoms with Crippen LogP contribution in [0, 0.1) is 6.92 Å². The zero-order valence-electron chi connectivity index (χ0n) is 13.6. The number of rotatable bonds is 5. The lowest BCUT2D eigenvalue weighted by Crippen LogP contribution is -2.46. The summed E-state index contributed by atoms with van der Waals surface area (Å²) in [7, 11) is 0. The highest BCUT2D eigenvalue weighted by atomic mass is 35.5. The van der Waals surface area contributed by atoms with Gasteiger partial charge in [0.2, 0.25) is 5.91 Å². The van der Waals surface area contributed by atoms with Gasteiger partial charge in [0.15, 0.2) is 0 Å². The zero-order valence-corrected chi connectivity index (χ0v) is 14.4. The molecular weight excluding hydrogens is 328 g/mol. The predicted octanol–water partition coefficient (Wildman–Crippen LogP) is 3.47. The predicted molar refractivity (Wildman–Crippen MR) is 93.2 cm³/mol. The van der Waals surface area contributed by atoms with Gasteiger partial charge in [0, 0.05) is 41.8 Å². The highest BCUT2D eigenvalue weighted by molar-refractivity contribution is 6.31. The molecule has 0 unspecified atom stereocenters. The minimum absolute atomic E-state index is 0.0392. The molecule has 24 heavy (non-hydrogen) atoms. The molecule has 1 atom stereocenters. The van der Waals surface area contributed by atoms with Crippen LogP contribution in [0.3, 0.4) is 0 Å². The van der Waals surface area contributed by atoms with Crippen LogP contribution < -0.4 is 5.32 Å². The molecule has 6 heteroatoms. The van der Waals surface area contributed by atoms with Gasteiger partial charge in [-0.1, -0.05) is 17.7 Å². The van der Waals surface area contributed by atoms with Gasteiger partial charge < -0.3 is 14.5 Å². The molecule has 1 amide bonds. The largest absolute Gasteiger partial charge is 0.472 e. The standard InChI is InChI=1S/C18H21ClN2O3/c1-13-2-3-15(8-17(13)19)20-18(22)9-16-12-24-7-5-21(16)10-14-4-6-23-11-14/h2-4,6,8,11,16H,5,7,9-10,12H2,1H3,(H,20,22)/t16-/m0/s1. The molecule has 1 aliphatic rings. The lowest BCUT2D eigenvalue weighted by molar-refractivity contribution is -0.119. The van der Waals surface area contributed by atoms with Gasteiger partial charge in [0.05, 0.1) is 25.7 Å². The van der Waals surface area contributed by atoms with Crippen LogP contribution in [0.1, 0.15) is 17.5 Å². The molecule has 3 rings (SSSR count). The lowest BCUT2D eigenvalue weighted by Gasteiger charge is -2.35. The topological polar surface area (TPSA) is 54.7 Å². The van der Waals surface area contributed by atoms with Crippen LogP contribution in [0.4, 0.5) is 5.69 Å². The molecule has 5 nitrogen and oxygen atoms in total. The number of nitrogens with one attached hydrogen (secondary N) is 1. The zero-order chi connectivity index (χ0) is 16.9. The number of hydrogen-bond donors (Lipinski definition) is 1. The second kappa shape index (κ2) is 7.83. The summed E-state index contributed by atoms with van der Waals surface area (Å²) in [6, 6.07) is 7.53. The molecule has 1 saturated heterocycles. The van der Waals surface area contributed by atoms with Crippen LogP contribution in [0.15, 0.2) is 41.2 Å². The van der Waals surface area contributed by atoms with Gasteiger partial charge in [-0.25, -0.2) is 0 Å². The third kappa shape index (κ3) is 4.38. The van der Waals surface area contributed by atoms with Gasteiger partial charge in [-0.3, -0.25) is 9.69 Å². The van der Waals surface area contributed by atoms with Crippen LogP contribution in [0.25, 0.3) is 0 Å². The normalized spacial score (nSPS) is 18.5. The molecule has 128 valence electrons. The molecule has 0 saturated carbocycles. The number of hydrogen-bond acceptors (Lipinski definition) is 4. The molecule has 0 radical (unpaired) electrons. The Bertz CT molecular complexity index is 688. The van der Waals surface area contributed by atoms with E-state index in [1.54, 1.807) is 18.6 Å². The van der Waals surface area contributed by atoms with Crippen molar-refractivity contribution in [2.45, 2.75) is 25.9 Å². The van der Waals surface area contributed by atoms with E-state index in [1.807, 2.05) is 25.1 Å². The second-order valence-electron chi connectivity index (χ2n) is 6.05. The first-order valence-corrected chi connectivity index (χ1v) is 8.38. The minimum Gasteiger partial charge on any atom is -0.472 e. The van der Waals surface area contributed by atoms with E-state index in [0.717, 1.165) is 24.2 Å². The summed E-state index contributed by atoms with van der Waals surface area (Å²) in [5, 5.41) is 3.56. The van der Waals surface area contributed by atoms with Crippen LogP contribution in [-0.2, 0) is 16.1 Å². The van der Waals surface area contributed by atoms with Crippen molar-refractivity contribution in [1.29, 1.82) is 0 Å². The SMILES string of the molecule is Cc1ccc(NC(=O)C[C@H]2COCCN2Cc2ccoc2)cc1Cl. The summed E-state index contributed by atoms with van der Waals surface area (Å²) >= 11 is 6.10. The van der Waals surface area contributed by atoms with E-state index in [0.29, 0.717) is 30.3 Å². The first kappa shape index (κ1) is 17.0. The molecule has 1 fully saturated rings. The van der Waals surface area contributed by atoms with Gasteiger partial charge in [-0.2, -0.15) is 0 Å². The summed E-state index contributed by atoms with van der Waals surface area (Å²) in [5.74, 6) is -0.0392. The minimum atomic E-state index is -0.0392. The summed E-state index contributed by atoms with van der Waals surface area (Å²) in [6.45, 7) is 4.73. The van der Waals surface area contributed by atoms with E-state index in [1.165, 1.54) is 0 Å². The Hall–Kier alpha value is -1.82. The second-order valence-corrected chi connectivity index (χ2v) is 6.45. The molecule has 0 bridgehead atoms. The summed E-state index contributed by atoms with van der Waals surface area (Å²) < 4.78 is 10.7. The molecule has 2 aromatic rings. The number of carbonyl (C=O) groups is 1. The van der Waals surface area contributed by atoms with Gasteiger partial charge in [0.1, 0.15) is 0 Å². The molecule has 1 aliphatic heterocycles. The van der Waals surface area contributed by atoms with E-state index >= 15 is 0 Å². The molecule has 2 heterocycles. The molecule has 0 aliphatic carbocycles. The number of benzene rings is 1. The van der Waals surface area contributed by atoms with Crippen molar-refractivity contribution in [3.63, 3.8) is 0 Å². The number of nitrogens with zero attached hydrogens (tertiary/aromatic N) is 1. The maximum atomic E-state index is 12.4. The monoisotopic (exact) mass is 348 g/mol. The molecule has 1 aromatic carbocycles. The van der Waals surface area contributed by atoms with Crippen LogP contribution >= 0.6 is 11.6 Å². The Morgan fingerprint density at radius 3 is 3.04 bits per heavy atom. The van der Waals surface area contributed by atoms with Crippen molar-refractivity contribution >= 4 is 23.2 Å². The number of amides is 1. The van der Waals surface area contributed by atoms with Crippen LogP contribution in [-0.4, -0.2) is 36.6 Å². The average Bonchev–Trinajstić information content (AvgIpc) is 3.06. The fourth-order valence-electron chi connectivity index (χ4n) is 2.80. The first-order valence-electron chi connectivity index (χ1n) is 8.00. The number of ether oxygens (including phenoxy) is 1. The first-order chi connectivity index (χ1) is 11.6. The van der Waals surface area contributed by atoms with Crippen molar-refractivity contribution < 1.29 is 13.9 Å². The Balaban J connectivity index is 1.59. The molecular formula is C18H21ClN2O3. The lowest BCUT2D eigenvalue weighted by atomic mass is 10.1. The van der Waals surface area contributed by atoms with Gasteiger partial charge in [0.25, 0.3) is 0 Å². The summed E-state index contributed by atoms with van der Waals surface area (Å²) in [4.78, 5) is 14.6. The number of halogens is 1. The van der Waals surface area contributed by atoms with Gasteiger partial charge in [-0.05, 0) is 30.7 Å². The number of aryl methyl sites for hydroxylation is 1. The average molecular weight is 349 g/mol. The maximum absolute atomic E-state index is 12.4. The van der Waals surface area contributed by atoms with Crippen LogP contribution in [0.5, 0.6) is 0 Å². The van der Waals surface area contributed by atoms with E-state index in [9.17, 15) is 4.79 Å². The van der Waals surface area contributed by atoms with E-state index in [-0.39, 0.29) is 11.9 Å². The van der Waals surface area contributed by atoms with E-state index < -0.39 is 0 Å². The third-order valence-corrected chi connectivity index (χ3v) is 4.60. The number of morpholine rings is 1. The van der Waals surface area contributed by atoms with Gasteiger partial charge in [-0.15, -0.1) is 0 Å². The van der Waals surface area contributed by atoms with Crippen molar-refractivity contribution in [1.82, 2.24) is 4.90 Å². The highest BCUT2D eigenvalue weighted by Crippen LogP contribution is 2.21. The van der Waals surface area contributed by atoms with Crippen molar-refractivity contribution in [3.05, 3.63) is 52.9 Å². The summed E-state index contributed by atoms with van der Waals surface area (Å²) in [5.41, 5.74) is 2.81. The molecule has 1 N–H and O–H groups in total. The maximum Gasteiger partial charge on any atom is 0.226 e. The molecule has 0 spiro atoms. The fraction of sp³-hybridized carbons (Fsp3) is 0.389. The van der Waals surface area contributed by atoms with Crippen molar-refractivity contribution in [2.24, 2.45) is 0 Å².